The number of carbonyl (C=O) groups is 1. The summed E-state index contributed by atoms with van der Waals surface area (Å²) >= 11 is 1.38. The highest BCUT2D eigenvalue weighted by atomic mass is 32.1. The Labute approximate surface area is 100 Å². The van der Waals surface area contributed by atoms with Gasteiger partial charge in [0.05, 0.1) is 18.1 Å². The highest BCUT2D eigenvalue weighted by Crippen LogP contribution is 2.19. The van der Waals surface area contributed by atoms with E-state index in [0.717, 1.165) is 4.88 Å². The molecule has 0 saturated heterocycles. The van der Waals surface area contributed by atoms with Crippen LogP contribution in [0.2, 0.25) is 0 Å². The van der Waals surface area contributed by atoms with Gasteiger partial charge in [-0.15, -0.1) is 11.3 Å². The Hall–Kier alpha value is -1.73. The van der Waals surface area contributed by atoms with E-state index in [1.807, 2.05) is 0 Å². The Kier molecular flexibility index (Phi) is 3.21. The molecule has 0 aliphatic rings. The van der Waals surface area contributed by atoms with Gasteiger partial charge in [0.2, 0.25) is 0 Å². The third-order valence-electron chi connectivity index (χ3n) is 2.34. The summed E-state index contributed by atoms with van der Waals surface area (Å²) in [5.41, 5.74) is 5.28. The zero-order valence-electron chi connectivity index (χ0n) is 8.92. The summed E-state index contributed by atoms with van der Waals surface area (Å²) in [7, 11) is 0. The molecule has 0 aliphatic heterocycles. The average Bonchev–Trinajstić information content (AvgIpc) is 2.72. The molecule has 0 spiro atoms. The first kappa shape index (κ1) is 11.7. The van der Waals surface area contributed by atoms with E-state index in [9.17, 15) is 9.59 Å². The lowest BCUT2D eigenvalue weighted by Crippen LogP contribution is -2.21. The molecular weight excluding hydrogens is 242 g/mol. The summed E-state index contributed by atoms with van der Waals surface area (Å²) in [5.74, 6) is -0.940. The highest BCUT2D eigenvalue weighted by molar-refractivity contribution is 7.18. The predicted octanol–water partition coefficient (Wildman–Crippen LogP) is 0.391. The van der Waals surface area contributed by atoms with Crippen molar-refractivity contribution >= 4 is 27.5 Å². The van der Waals surface area contributed by atoms with Crippen LogP contribution in [0.3, 0.4) is 0 Å². The van der Waals surface area contributed by atoms with E-state index in [4.69, 9.17) is 10.8 Å². The molecule has 2 rings (SSSR count). The van der Waals surface area contributed by atoms with Gasteiger partial charge in [0.1, 0.15) is 4.83 Å². The number of thiophene rings is 1. The quantitative estimate of drug-likeness (QED) is 0.821. The van der Waals surface area contributed by atoms with Gasteiger partial charge in [-0.1, -0.05) is 0 Å². The molecule has 0 saturated carbocycles. The number of nitrogens with two attached hydrogens (primary N) is 1. The maximum Gasteiger partial charge on any atom is 0.305 e. The van der Waals surface area contributed by atoms with Crippen LogP contribution in [0.1, 0.15) is 11.3 Å². The molecule has 0 fully saturated rings. The summed E-state index contributed by atoms with van der Waals surface area (Å²) < 4.78 is 1.31. The maximum atomic E-state index is 12.0. The molecule has 17 heavy (non-hydrogen) atoms. The molecule has 90 valence electrons. The van der Waals surface area contributed by atoms with Gasteiger partial charge in [0.25, 0.3) is 5.56 Å². The number of nitrogens with zero attached hydrogens (tertiary/aromatic N) is 2. The fourth-order valence-corrected chi connectivity index (χ4v) is 2.35. The molecule has 6 nitrogen and oxygen atoms in total. The number of rotatable bonds is 4. The lowest BCUT2D eigenvalue weighted by Gasteiger charge is -2.01. The second kappa shape index (κ2) is 4.64. The zero-order chi connectivity index (χ0) is 12.4. The Morgan fingerprint density at radius 3 is 3.00 bits per heavy atom. The standard InChI is InChI=1S/C10H11N3O3S/c11-4-6-3-7-9(17-6)12-5-13(10(7)16)2-1-8(14)15/h3,5H,1-2,4,11H2,(H,14,15). The summed E-state index contributed by atoms with van der Waals surface area (Å²) in [5, 5.41) is 9.07. The molecule has 0 radical (unpaired) electrons. The van der Waals surface area contributed by atoms with Crippen LogP contribution in [-0.2, 0) is 17.9 Å². The summed E-state index contributed by atoms with van der Waals surface area (Å²) in [6, 6.07) is 1.71. The second-order valence-electron chi connectivity index (χ2n) is 3.52. The minimum atomic E-state index is -0.940. The van der Waals surface area contributed by atoms with Crippen LogP contribution in [0.4, 0.5) is 0 Å². The van der Waals surface area contributed by atoms with E-state index in [0.29, 0.717) is 16.8 Å². The summed E-state index contributed by atoms with van der Waals surface area (Å²) in [6.07, 6.45) is 1.28. The van der Waals surface area contributed by atoms with E-state index >= 15 is 0 Å². The van der Waals surface area contributed by atoms with Crippen molar-refractivity contribution in [3.05, 3.63) is 27.6 Å². The lowest BCUT2D eigenvalue weighted by atomic mass is 10.3. The van der Waals surface area contributed by atoms with Crippen molar-refractivity contribution in [3.63, 3.8) is 0 Å². The minimum absolute atomic E-state index is 0.0963. The third kappa shape index (κ3) is 2.34. The lowest BCUT2D eigenvalue weighted by molar-refractivity contribution is -0.137. The predicted molar refractivity (Wildman–Crippen MR) is 64.0 cm³/mol. The fourth-order valence-electron chi connectivity index (χ4n) is 1.49. The first-order valence-electron chi connectivity index (χ1n) is 5.01. The van der Waals surface area contributed by atoms with Crippen molar-refractivity contribution in [2.24, 2.45) is 5.73 Å². The molecule has 7 heteroatoms. The van der Waals surface area contributed by atoms with Gasteiger partial charge < -0.3 is 10.8 Å². The average molecular weight is 253 g/mol. The number of aryl methyl sites for hydroxylation is 1. The van der Waals surface area contributed by atoms with Crippen molar-refractivity contribution in [1.82, 2.24) is 9.55 Å². The van der Waals surface area contributed by atoms with Gasteiger partial charge in [-0.2, -0.15) is 0 Å². The Morgan fingerprint density at radius 1 is 1.59 bits per heavy atom. The molecule has 3 N–H and O–H groups in total. The van der Waals surface area contributed by atoms with Crippen molar-refractivity contribution in [2.75, 3.05) is 0 Å². The largest absolute Gasteiger partial charge is 0.481 e. The molecule has 0 aliphatic carbocycles. The van der Waals surface area contributed by atoms with Crippen LogP contribution in [0.25, 0.3) is 10.2 Å². The molecule has 0 unspecified atom stereocenters. The number of aliphatic carboxylic acids is 1. The molecule has 2 heterocycles. The van der Waals surface area contributed by atoms with E-state index < -0.39 is 5.97 Å². The smallest absolute Gasteiger partial charge is 0.305 e. The van der Waals surface area contributed by atoms with Crippen molar-refractivity contribution in [2.45, 2.75) is 19.5 Å². The Bertz CT molecular complexity index is 617. The van der Waals surface area contributed by atoms with Gasteiger partial charge in [0, 0.05) is 18.0 Å². The first-order valence-corrected chi connectivity index (χ1v) is 5.83. The molecule has 2 aromatic rings. The maximum absolute atomic E-state index is 12.0. The van der Waals surface area contributed by atoms with Gasteiger partial charge in [-0.3, -0.25) is 14.2 Å². The van der Waals surface area contributed by atoms with Crippen LogP contribution >= 0.6 is 11.3 Å². The normalized spacial score (nSPS) is 10.9. The monoisotopic (exact) mass is 253 g/mol. The third-order valence-corrected chi connectivity index (χ3v) is 3.40. The number of aromatic nitrogens is 2. The van der Waals surface area contributed by atoms with Gasteiger partial charge in [-0.05, 0) is 6.07 Å². The summed E-state index contributed by atoms with van der Waals surface area (Å²) in [6.45, 7) is 0.501. The molecule has 0 amide bonds. The number of fused-ring (bicyclic) bond motifs is 1. The van der Waals surface area contributed by atoms with E-state index in [2.05, 4.69) is 4.98 Å². The van der Waals surface area contributed by atoms with Crippen LogP contribution in [-0.4, -0.2) is 20.6 Å². The van der Waals surface area contributed by atoms with E-state index in [1.54, 1.807) is 6.07 Å². The Morgan fingerprint density at radius 2 is 2.35 bits per heavy atom. The first-order chi connectivity index (χ1) is 8.11. The number of carboxylic acids is 1. The van der Waals surface area contributed by atoms with E-state index in [1.165, 1.54) is 22.2 Å². The van der Waals surface area contributed by atoms with Crippen LogP contribution in [0, 0.1) is 0 Å². The number of carboxylic acid groups (broad SMARTS) is 1. The fraction of sp³-hybridized carbons (Fsp3) is 0.300. The molecule has 0 aromatic carbocycles. The molecule has 2 aromatic heterocycles. The van der Waals surface area contributed by atoms with Crippen molar-refractivity contribution in [1.29, 1.82) is 0 Å². The number of hydrogen-bond acceptors (Lipinski definition) is 5. The van der Waals surface area contributed by atoms with Gasteiger partial charge >= 0.3 is 5.97 Å². The zero-order valence-corrected chi connectivity index (χ0v) is 9.74. The van der Waals surface area contributed by atoms with Crippen LogP contribution in [0.15, 0.2) is 17.2 Å². The highest BCUT2D eigenvalue weighted by Gasteiger charge is 2.08. The van der Waals surface area contributed by atoms with Crippen LogP contribution in [0.5, 0.6) is 0 Å². The van der Waals surface area contributed by atoms with Gasteiger partial charge in [-0.25, -0.2) is 4.98 Å². The van der Waals surface area contributed by atoms with Gasteiger partial charge in [0.15, 0.2) is 0 Å². The SMILES string of the molecule is NCc1cc2c(=O)n(CCC(=O)O)cnc2s1. The second-order valence-corrected chi connectivity index (χ2v) is 4.64. The molecule has 0 bridgehead atoms. The molecule has 0 atom stereocenters. The number of hydrogen-bond donors (Lipinski definition) is 2. The van der Waals surface area contributed by atoms with E-state index in [-0.39, 0.29) is 18.5 Å². The molecular formula is C10H11N3O3S. The summed E-state index contributed by atoms with van der Waals surface area (Å²) in [4.78, 5) is 28.1. The topological polar surface area (TPSA) is 98.2 Å². The minimum Gasteiger partial charge on any atom is -0.481 e. The Balaban J connectivity index is 2.42. The van der Waals surface area contributed by atoms with Crippen LogP contribution < -0.4 is 11.3 Å². The van der Waals surface area contributed by atoms with Crippen molar-refractivity contribution < 1.29 is 9.90 Å². The van der Waals surface area contributed by atoms with Crippen molar-refractivity contribution in [3.8, 4) is 0 Å².